The SMILES string of the molecule is C\C=C/C(CNCCCC)=C(C)\C=C\c1ccc(N/C=C(/C(=O)NC)C(C)=Nc2ccccc2)cc1C(F)(F)F. The first-order chi connectivity index (χ1) is 19.1. The van der Waals surface area contributed by atoms with Crippen molar-refractivity contribution in [1.29, 1.82) is 0 Å². The lowest BCUT2D eigenvalue weighted by Crippen LogP contribution is -2.24. The Balaban J connectivity index is 2.37. The topological polar surface area (TPSA) is 65.5 Å². The molecule has 0 atom stereocenters. The zero-order chi connectivity index (χ0) is 29.5. The number of benzene rings is 2. The molecule has 0 bridgehead atoms. The van der Waals surface area contributed by atoms with E-state index in [1.807, 2.05) is 44.2 Å². The summed E-state index contributed by atoms with van der Waals surface area (Å²) in [6.07, 6.45) is 6.03. The number of alkyl halides is 3. The molecule has 3 N–H and O–H groups in total. The van der Waals surface area contributed by atoms with Gasteiger partial charge in [0, 0.05) is 25.5 Å². The molecule has 2 aromatic rings. The summed E-state index contributed by atoms with van der Waals surface area (Å²) in [6, 6.07) is 13.1. The second-order valence-corrected chi connectivity index (χ2v) is 9.19. The predicted octanol–water partition coefficient (Wildman–Crippen LogP) is 7.84. The third-order valence-electron chi connectivity index (χ3n) is 6.07. The fourth-order valence-electron chi connectivity index (χ4n) is 3.80. The third kappa shape index (κ3) is 10.3. The van der Waals surface area contributed by atoms with Crippen LogP contribution in [0.2, 0.25) is 0 Å². The standard InChI is InChI=1S/C32H39F3N4O/c1-6-8-19-37-21-26(12-7-2)23(3)15-16-25-17-18-28(20-30(25)32(33,34)35)38-22-29(31(40)36-5)24(4)39-27-13-10-9-11-14-27/h7,9-18,20,22,37-38H,6,8,19,21H2,1-5H3,(H,36,40)/b12-7-,16-15+,26-23+,29-22+,39-24?. The lowest BCUT2D eigenvalue weighted by Gasteiger charge is -2.14. The second kappa shape index (κ2) is 16.3. The fraction of sp³-hybridized carbons (Fsp3) is 0.312. The van der Waals surface area contributed by atoms with E-state index >= 15 is 0 Å². The van der Waals surface area contributed by atoms with E-state index in [9.17, 15) is 18.0 Å². The third-order valence-corrected chi connectivity index (χ3v) is 6.07. The molecule has 8 heteroatoms. The van der Waals surface area contributed by atoms with Crippen LogP contribution >= 0.6 is 0 Å². The van der Waals surface area contributed by atoms with Crippen LogP contribution in [0.15, 0.2) is 94.7 Å². The molecule has 0 aliphatic carbocycles. The highest BCUT2D eigenvalue weighted by Gasteiger charge is 2.33. The summed E-state index contributed by atoms with van der Waals surface area (Å²) in [5.74, 6) is -0.413. The van der Waals surface area contributed by atoms with Crippen LogP contribution < -0.4 is 16.0 Å². The molecule has 0 saturated heterocycles. The van der Waals surface area contributed by atoms with Crippen LogP contribution in [-0.2, 0) is 11.0 Å². The monoisotopic (exact) mass is 552 g/mol. The maximum Gasteiger partial charge on any atom is 0.417 e. The molecule has 0 aliphatic heterocycles. The average Bonchev–Trinajstić information content (AvgIpc) is 2.93. The number of hydrogen-bond donors (Lipinski definition) is 3. The molecule has 0 unspecified atom stereocenters. The molecule has 0 fully saturated rings. The number of unbranched alkanes of at least 4 members (excludes halogenated alkanes) is 1. The van der Waals surface area contributed by atoms with Gasteiger partial charge in [0.05, 0.1) is 22.5 Å². The molecule has 40 heavy (non-hydrogen) atoms. The van der Waals surface area contributed by atoms with Gasteiger partial charge in [-0.05, 0) is 74.7 Å². The zero-order valence-electron chi connectivity index (χ0n) is 23.8. The molecule has 0 aromatic heterocycles. The van der Waals surface area contributed by atoms with E-state index in [-0.39, 0.29) is 16.8 Å². The van der Waals surface area contributed by atoms with Gasteiger partial charge in [-0.15, -0.1) is 0 Å². The Labute approximate surface area is 235 Å². The Hall–Kier alpha value is -3.91. The first-order valence-corrected chi connectivity index (χ1v) is 13.3. The number of rotatable bonds is 13. The predicted molar refractivity (Wildman–Crippen MR) is 161 cm³/mol. The Morgan fingerprint density at radius 3 is 2.40 bits per heavy atom. The quantitative estimate of drug-likeness (QED) is 0.103. The van der Waals surface area contributed by atoms with Crippen LogP contribution in [0.3, 0.4) is 0 Å². The summed E-state index contributed by atoms with van der Waals surface area (Å²) in [5, 5.41) is 8.77. The lowest BCUT2D eigenvalue weighted by atomic mass is 10.0. The summed E-state index contributed by atoms with van der Waals surface area (Å²) in [6.45, 7) is 9.12. The van der Waals surface area contributed by atoms with E-state index in [0.717, 1.165) is 36.6 Å². The first-order valence-electron chi connectivity index (χ1n) is 13.3. The van der Waals surface area contributed by atoms with E-state index in [2.05, 4.69) is 27.9 Å². The Morgan fingerprint density at radius 1 is 1.05 bits per heavy atom. The van der Waals surface area contributed by atoms with Crippen LogP contribution in [0.25, 0.3) is 6.08 Å². The molecule has 0 spiro atoms. The molecule has 0 aliphatic rings. The molecule has 5 nitrogen and oxygen atoms in total. The lowest BCUT2D eigenvalue weighted by molar-refractivity contribution is -0.137. The number of nitrogens with zero attached hydrogens (tertiary/aromatic N) is 1. The highest BCUT2D eigenvalue weighted by Crippen LogP contribution is 2.35. The summed E-state index contributed by atoms with van der Waals surface area (Å²) in [7, 11) is 1.48. The molecule has 0 heterocycles. The van der Waals surface area contributed by atoms with Gasteiger partial charge in [0.15, 0.2) is 0 Å². The molecule has 2 rings (SSSR count). The van der Waals surface area contributed by atoms with Gasteiger partial charge in [-0.3, -0.25) is 9.79 Å². The van der Waals surface area contributed by atoms with Crippen molar-refractivity contribution < 1.29 is 18.0 Å². The second-order valence-electron chi connectivity index (χ2n) is 9.19. The van der Waals surface area contributed by atoms with Crippen LogP contribution in [-0.4, -0.2) is 31.8 Å². The van der Waals surface area contributed by atoms with Gasteiger partial charge >= 0.3 is 6.18 Å². The summed E-state index contributed by atoms with van der Waals surface area (Å²) >= 11 is 0. The minimum absolute atomic E-state index is 0.0495. The van der Waals surface area contributed by atoms with Crippen molar-refractivity contribution in [2.75, 3.05) is 25.5 Å². The van der Waals surface area contributed by atoms with Crippen molar-refractivity contribution in [1.82, 2.24) is 10.6 Å². The van der Waals surface area contributed by atoms with E-state index in [1.54, 1.807) is 31.2 Å². The van der Waals surface area contributed by atoms with Crippen LogP contribution in [0.5, 0.6) is 0 Å². The van der Waals surface area contributed by atoms with Crippen molar-refractivity contribution in [2.24, 2.45) is 4.99 Å². The Morgan fingerprint density at radius 2 is 1.77 bits per heavy atom. The summed E-state index contributed by atoms with van der Waals surface area (Å²) in [4.78, 5) is 16.9. The first kappa shape index (κ1) is 32.3. The van der Waals surface area contributed by atoms with Gasteiger partial charge in [0.25, 0.3) is 5.91 Å². The highest BCUT2D eigenvalue weighted by atomic mass is 19.4. The summed E-state index contributed by atoms with van der Waals surface area (Å²) in [5.41, 5.74) is 2.63. The minimum atomic E-state index is -4.57. The van der Waals surface area contributed by atoms with Crippen molar-refractivity contribution in [3.05, 3.63) is 101 Å². The number of halogens is 3. The molecule has 2 aromatic carbocycles. The number of para-hydroxylation sites is 1. The number of nitrogens with one attached hydrogen (secondary N) is 3. The van der Waals surface area contributed by atoms with Crippen molar-refractivity contribution in [2.45, 2.75) is 46.7 Å². The van der Waals surface area contributed by atoms with E-state index in [1.165, 1.54) is 25.4 Å². The molecule has 1 amide bonds. The van der Waals surface area contributed by atoms with Gasteiger partial charge in [0.1, 0.15) is 0 Å². The maximum atomic E-state index is 14.0. The molecule has 0 radical (unpaired) electrons. The van der Waals surface area contributed by atoms with E-state index in [0.29, 0.717) is 17.9 Å². The number of carbonyl (C=O) groups excluding carboxylic acids is 1. The van der Waals surface area contributed by atoms with Crippen LogP contribution in [0.1, 0.15) is 51.7 Å². The van der Waals surface area contributed by atoms with E-state index < -0.39 is 17.6 Å². The van der Waals surface area contributed by atoms with Gasteiger partial charge < -0.3 is 16.0 Å². The number of allylic oxidation sites excluding steroid dienone is 3. The number of amides is 1. The number of hydrogen-bond acceptors (Lipinski definition) is 4. The summed E-state index contributed by atoms with van der Waals surface area (Å²) < 4.78 is 42.1. The van der Waals surface area contributed by atoms with Crippen LogP contribution in [0, 0.1) is 0 Å². The number of carbonyl (C=O) groups is 1. The van der Waals surface area contributed by atoms with Crippen LogP contribution in [0.4, 0.5) is 24.5 Å². The van der Waals surface area contributed by atoms with Crippen molar-refractivity contribution in [3.8, 4) is 0 Å². The smallest absolute Gasteiger partial charge is 0.361 e. The van der Waals surface area contributed by atoms with Crippen molar-refractivity contribution >= 4 is 29.1 Å². The van der Waals surface area contributed by atoms with E-state index in [4.69, 9.17) is 0 Å². The minimum Gasteiger partial charge on any atom is -0.361 e. The molecular formula is C32H39F3N4O. The highest BCUT2D eigenvalue weighted by molar-refractivity contribution is 6.21. The normalized spacial score (nSPS) is 13.6. The Kier molecular flexibility index (Phi) is 13.1. The van der Waals surface area contributed by atoms with Gasteiger partial charge in [0.2, 0.25) is 0 Å². The van der Waals surface area contributed by atoms with Gasteiger partial charge in [-0.25, -0.2) is 0 Å². The fourth-order valence-corrected chi connectivity index (χ4v) is 3.80. The molecule has 0 saturated carbocycles. The number of likely N-dealkylation sites (N-methyl/N-ethyl adjacent to an activating group) is 1. The largest absolute Gasteiger partial charge is 0.417 e. The van der Waals surface area contributed by atoms with Crippen molar-refractivity contribution in [3.63, 3.8) is 0 Å². The van der Waals surface area contributed by atoms with Gasteiger partial charge in [-0.2, -0.15) is 13.2 Å². The Bertz CT molecular complexity index is 1270. The zero-order valence-corrected chi connectivity index (χ0v) is 23.8. The molecule has 214 valence electrons. The number of aliphatic imine (C=N–C) groups is 1. The molecular weight excluding hydrogens is 513 g/mol. The number of anilines is 1. The average molecular weight is 553 g/mol. The maximum absolute atomic E-state index is 14.0. The van der Waals surface area contributed by atoms with Gasteiger partial charge in [-0.1, -0.05) is 61.9 Å².